The first-order chi connectivity index (χ1) is 14.5. The Morgan fingerprint density at radius 3 is 2.40 bits per heavy atom. The van der Waals surface area contributed by atoms with Crippen molar-refractivity contribution in [2.45, 2.75) is 26.4 Å². The summed E-state index contributed by atoms with van der Waals surface area (Å²) in [6, 6.07) is 15.2. The van der Waals surface area contributed by atoms with Crippen molar-refractivity contribution in [3.63, 3.8) is 0 Å². The monoisotopic (exact) mass is 410 g/mol. The van der Waals surface area contributed by atoms with Crippen molar-refractivity contribution < 1.29 is 19.4 Å². The number of ketones is 2. The summed E-state index contributed by atoms with van der Waals surface area (Å²) in [6.45, 7) is 7.43. The number of aliphatic hydroxyl groups excluding tert-OH is 1. The molecule has 1 heterocycles. The van der Waals surface area contributed by atoms with Gasteiger partial charge in [0, 0.05) is 50.4 Å². The molecule has 1 saturated heterocycles. The molecule has 1 atom stereocenters. The van der Waals surface area contributed by atoms with Crippen LogP contribution in [0.1, 0.15) is 41.0 Å². The Kier molecular flexibility index (Phi) is 7.60. The second-order valence-corrected chi connectivity index (χ2v) is 7.63. The van der Waals surface area contributed by atoms with Crippen molar-refractivity contribution in [3.05, 3.63) is 59.7 Å². The van der Waals surface area contributed by atoms with Gasteiger partial charge in [0.15, 0.2) is 11.6 Å². The summed E-state index contributed by atoms with van der Waals surface area (Å²) in [6.07, 6.45) is -0.279. The summed E-state index contributed by atoms with van der Waals surface area (Å²) in [4.78, 5) is 28.4. The number of hydrogen-bond donors (Lipinski definition) is 1. The highest BCUT2D eigenvalue weighted by atomic mass is 16.5. The summed E-state index contributed by atoms with van der Waals surface area (Å²) in [7, 11) is 0. The Labute approximate surface area is 178 Å². The second kappa shape index (κ2) is 10.4. The summed E-state index contributed by atoms with van der Waals surface area (Å²) >= 11 is 0. The van der Waals surface area contributed by atoms with Gasteiger partial charge in [-0.3, -0.25) is 14.5 Å². The van der Waals surface area contributed by atoms with Gasteiger partial charge in [-0.05, 0) is 37.3 Å². The van der Waals surface area contributed by atoms with Crippen molar-refractivity contribution >= 4 is 17.3 Å². The smallest absolute Gasteiger partial charge is 0.163 e. The number of ether oxygens (including phenoxy) is 1. The van der Waals surface area contributed by atoms with Crippen molar-refractivity contribution in [1.29, 1.82) is 0 Å². The van der Waals surface area contributed by atoms with Gasteiger partial charge >= 0.3 is 0 Å². The Hall–Kier alpha value is -2.70. The first kappa shape index (κ1) is 22.0. The lowest BCUT2D eigenvalue weighted by Gasteiger charge is -2.36. The molecule has 2 aromatic rings. The van der Waals surface area contributed by atoms with E-state index >= 15 is 0 Å². The lowest BCUT2D eigenvalue weighted by atomic mass is 10.0. The molecule has 6 nitrogen and oxygen atoms in total. The summed E-state index contributed by atoms with van der Waals surface area (Å²) < 4.78 is 5.74. The van der Waals surface area contributed by atoms with Crippen LogP contribution in [0.15, 0.2) is 48.5 Å². The van der Waals surface area contributed by atoms with E-state index in [1.165, 1.54) is 12.6 Å². The van der Waals surface area contributed by atoms with Gasteiger partial charge in [-0.2, -0.15) is 0 Å². The van der Waals surface area contributed by atoms with Gasteiger partial charge in [0.05, 0.1) is 5.56 Å². The zero-order chi connectivity index (χ0) is 21.5. The third-order valence-electron chi connectivity index (χ3n) is 5.40. The van der Waals surface area contributed by atoms with E-state index in [4.69, 9.17) is 4.74 Å². The van der Waals surface area contributed by atoms with E-state index in [1.54, 1.807) is 25.1 Å². The highest BCUT2D eigenvalue weighted by Crippen LogP contribution is 2.22. The molecule has 2 aromatic carbocycles. The lowest BCUT2D eigenvalue weighted by Crippen LogP contribution is -2.49. The predicted octanol–water partition coefficient (Wildman–Crippen LogP) is 3.04. The number of aliphatic hydroxyl groups is 1. The number of para-hydroxylation sites is 1. The van der Waals surface area contributed by atoms with Gasteiger partial charge in [0.1, 0.15) is 18.5 Å². The molecule has 1 aliphatic heterocycles. The van der Waals surface area contributed by atoms with Crippen LogP contribution in [0, 0.1) is 0 Å². The number of piperazine rings is 1. The molecule has 6 heteroatoms. The number of anilines is 1. The molecule has 0 bridgehead atoms. The Balaban J connectivity index is 1.51. The molecule has 30 heavy (non-hydrogen) atoms. The summed E-state index contributed by atoms with van der Waals surface area (Å²) in [5, 5.41) is 10.4. The number of hydrogen-bond acceptors (Lipinski definition) is 6. The van der Waals surface area contributed by atoms with Crippen LogP contribution in [0.4, 0.5) is 5.69 Å². The minimum atomic E-state index is -0.662. The van der Waals surface area contributed by atoms with Crippen molar-refractivity contribution in [1.82, 2.24) is 4.90 Å². The van der Waals surface area contributed by atoms with Crippen LogP contribution in [0.25, 0.3) is 0 Å². The maximum Gasteiger partial charge on any atom is 0.163 e. The van der Waals surface area contributed by atoms with Gasteiger partial charge in [-0.25, -0.2) is 0 Å². The maximum absolute atomic E-state index is 12.0. The zero-order valence-electron chi connectivity index (χ0n) is 17.7. The van der Waals surface area contributed by atoms with E-state index in [0.29, 0.717) is 29.8 Å². The SMILES string of the molecule is CCC(=O)c1ccc(OCC(O)CN2CCN(c3ccccc3)CC2)c(C(C)=O)c1. The van der Waals surface area contributed by atoms with E-state index < -0.39 is 6.10 Å². The number of carbonyl (C=O) groups excluding carboxylic acids is 2. The van der Waals surface area contributed by atoms with Crippen LogP contribution in [0.3, 0.4) is 0 Å². The molecule has 0 radical (unpaired) electrons. The highest BCUT2D eigenvalue weighted by molar-refractivity contribution is 6.02. The standard InChI is InChI=1S/C24H30N2O4/c1-3-23(29)19-9-10-24(22(15-19)18(2)27)30-17-21(28)16-25-11-13-26(14-12-25)20-7-5-4-6-8-20/h4-10,15,21,28H,3,11-14,16-17H2,1-2H3. The van der Waals surface area contributed by atoms with E-state index in [1.807, 2.05) is 18.2 Å². The van der Waals surface area contributed by atoms with Crippen LogP contribution >= 0.6 is 0 Å². The average molecular weight is 411 g/mol. The van der Waals surface area contributed by atoms with Gasteiger partial charge in [-0.15, -0.1) is 0 Å². The Morgan fingerprint density at radius 1 is 1.07 bits per heavy atom. The predicted molar refractivity (Wildman–Crippen MR) is 118 cm³/mol. The molecule has 1 aliphatic rings. The summed E-state index contributed by atoms with van der Waals surface area (Å²) in [5.74, 6) is 0.226. The van der Waals surface area contributed by atoms with Crippen molar-refractivity contribution in [2.24, 2.45) is 0 Å². The van der Waals surface area contributed by atoms with Gasteiger partial charge in [-0.1, -0.05) is 25.1 Å². The molecular weight excluding hydrogens is 380 g/mol. The Bertz CT molecular complexity index is 861. The number of Topliss-reactive ketones (excluding diaryl/α,β-unsaturated/α-hetero) is 2. The molecule has 0 saturated carbocycles. The Morgan fingerprint density at radius 2 is 1.77 bits per heavy atom. The fraction of sp³-hybridized carbons (Fsp3) is 0.417. The largest absolute Gasteiger partial charge is 0.490 e. The van der Waals surface area contributed by atoms with Crippen molar-refractivity contribution in [2.75, 3.05) is 44.2 Å². The molecule has 1 unspecified atom stereocenters. The number of carbonyl (C=O) groups is 2. The van der Waals surface area contributed by atoms with Crippen LogP contribution < -0.4 is 9.64 Å². The summed E-state index contributed by atoms with van der Waals surface area (Å²) in [5.41, 5.74) is 2.10. The number of nitrogens with zero attached hydrogens (tertiary/aromatic N) is 2. The molecular formula is C24H30N2O4. The fourth-order valence-corrected chi connectivity index (χ4v) is 3.67. The van der Waals surface area contributed by atoms with Crippen LogP contribution in [-0.4, -0.2) is 67.0 Å². The first-order valence-electron chi connectivity index (χ1n) is 10.5. The third kappa shape index (κ3) is 5.68. The van der Waals surface area contributed by atoms with Crippen LogP contribution in [0.5, 0.6) is 5.75 Å². The lowest BCUT2D eigenvalue weighted by molar-refractivity contribution is 0.0656. The second-order valence-electron chi connectivity index (χ2n) is 7.63. The molecule has 1 N–H and O–H groups in total. The topological polar surface area (TPSA) is 70.1 Å². The molecule has 0 spiro atoms. The minimum absolute atomic E-state index is 0.0151. The van der Waals surface area contributed by atoms with E-state index in [9.17, 15) is 14.7 Å². The van der Waals surface area contributed by atoms with Crippen LogP contribution in [-0.2, 0) is 0 Å². The average Bonchev–Trinajstić information content (AvgIpc) is 2.78. The molecule has 3 rings (SSSR count). The van der Waals surface area contributed by atoms with Gasteiger partial charge < -0.3 is 14.7 Å². The quantitative estimate of drug-likeness (QED) is 0.641. The normalized spacial score (nSPS) is 15.6. The van der Waals surface area contributed by atoms with E-state index in [-0.39, 0.29) is 18.2 Å². The number of benzene rings is 2. The van der Waals surface area contributed by atoms with Gasteiger partial charge in [0.25, 0.3) is 0 Å². The van der Waals surface area contributed by atoms with Gasteiger partial charge in [0.2, 0.25) is 0 Å². The number of β-amino-alcohol motifs (C(OH)–C–C–N with tert-alkyl or cyclic N) is 1. The third-order valence-corrected chi connectivity index (χ3v) is 5.40. The fourth-order valence-electron chi connectivity index (χ4n) is 3.67. The molecule has 0 amide bonds. The van der Waals surface area contributed by atoms with Crippen LogP contribution in [0.2, 0.25) is 0 Å². The molecule has 1 fully saturated rings. The maximum atomic E-state index is 12.0. The van der Waals surface area contributed by atoms with Crippen molar-refractivity contribution in [3.8, 4) is 5.75 Å². The van der Waals surface area contributed by atoms with E-state index in [0.717, 1.165) is 26.2 Å². The molecule has 160 valence electrons. The first-order valence-corrected chi connectivity index (χ1v) is 10.5. The zero-order valence-corrected chi connectivity index (χ0v) is 17.7. The molecule has 0 aromatic heterocycles. The minimum Gasteiger partial charge on any atom is -0.490 e. The highest BCUT2D eigenvalue weighted by Gasteiger charge is 2.20. The van der Waals surface area contributed by atoms with E-state index in [2.05, 4.69) is 21.9 Å². The molecule has 0 aliphatic carbocycles. The number of rotatable bonds is 9.